The number of amides is 2. The highest BCUT2D eigenvalue weighted by atomic mass is 32.2. The number of thioether (sulfide) groups is 1. The summed E-state index contributed by atoms with van der Waals surface area (Å²) in [6, 6.07) is 13.0. The second-order valence-electron chi connectivity index (χ2n) is 9.85. The first-order valence-corrected chi connectivity index (χ1v) is 16.0. The van der Waals surface area contributed by atoms with E-state index in [1.54, 1.807) is 36.6 Å². The molecule has 5 rings (SSSR count). The van der Waals surface area contributed by atoms with Gasteiger partial charge in [0.15, 0.2) is 11.0 Å². The summed E-state index contributed by atoms with van der Waals surface area (Å²) >= 11 is 2.60. The van der Waals surface area contributed by atoms with Crippen molar-refractivity contribution in [2.75, 3.05) is 18.5 Å². The zero-order valence-corrected chi connectivity index (χ0v) is 26.1. The van der Waals surface area contributed by atoms with Gasteiger partial charge >= 0.3 is 5.97 Å². The van der Waals surface area contributed by atoms with Gasteiger partial charge in [-0.05, 0) is 82.0 Å². The van der Waals surface area contributed by atoms with Crippen LogP contribution >= 0.6 is 23.1 Å². The van der Waals surface area contributed by atoms with Crippen LogP contribution in [-0.2, 0) is 28.9 Å². The lowest BCUT2D eigenvalue weighted by atomic mass is 10.1. The topological polar surface area (TPSA) is 124 Å². The van der Waals surface area contributed by atoms with Gasteiger partial charge in [-0.15, -0.1) is 21.5 Å². The van der Waals surface area contributed by atoms with Crippen LogP contribution in [0.3, 0.4) is 0 Å². The minimum atomic E-state index is -0.631. The van der Waals surface area contributed by atoms with E-state index < -0.39 is 22.9 Å². The summed E-state index contributed by atoms with van der Waals surface area (Å²) in [6.07, 6.45) is 2.62. The van der Waals surface area contributed by atoms with E-state index in [9.17, 15) is 18.8 Å². The average Bonchev–Trinajstić information content (AvgIpc) is 3.71. The maximum absolute atomic E-state index is 14.2. The fourth-order valence-electron chi connectivity index (χ4n) is 4.85. The average molecular weight is 638 g/mol. The zero-order chi connectivity index (χ0) is 31.2. The van der Waals surface area contributed by atoms with Gasteiger partial charge in [0, 0.05) is 10.6 Å². The lowest BCUT2D eigenvalue weighted by molar-refractivity contribution is -0.115. The number of ether oxygens (including phenoxy) is 2. The van der Waals surface area contributed by atoms with Crippen LogP contribution in [-0.4, -0.2) is 51.0 Å². The molecule has 10 nitrogen and oxygen atoms in total. The van der Waals surface area contributed by atoms with Crippen molar-refractivity contribution in [2.45, 2.75) is 57.0 Å². The highest BCUT2D eigenvalue weighted by Crippen LogP contribution is 2.40. The molecule has 44 heavy (non-hydrogen) atoms. The molecule has 0 bridgehead atoms. The molecule has 0 fully saturated rings. The van der Waals surface area contributed by atoms with Crippen LogP contribution in [0.2, 0.25) is 0 Å². The molecule has 2 amide bonds. The summed E-state index contributed by atoms with van der Waals surface area (Å²) in [5.74, 6) is -0.896. The molecular formula is C31H32FN5O5S2. The Hall–Kier alpha value is -4.23. The number of thiophene rings is 1. The van der Waals surface area contributed by atoms with Crippen molar-refractivity contribution >= 4 is 45.9 Å². The first-order chi connectivity index (χ1) is 21.3. The minimum absolute atomic E-state index is 0.0435. The van der Waals surface area contributed by atoms with E-state index in [2.05, 4.69) is 20.8 Å². The number of nitrogens with one attached hydrogen (secondary N) is 2. The van der Waals surface area contributed by atoms with E-state index in [4.69, 9.17) is 9.47 Å². The molecule has 2 aromatic heterocycles. The van der Waals surface area contributed by atoms with Crippen molar-refractivity contribution in [1.82, 2.24) is 20.1 Å². The van der Waals surface area contributed by atoms with Gasteiger partial charge < -0.3 is 20.1 Å². The van der Waals surface area contributed by atoms with Crippen LogP contribution in [0.1, 0.15) is 64.2 Å². The molecule has 13 heteroatoms. The normalized spacial score (nSPS) is 12.8. The van der Waals surface area contributed by atoms with Gasteiger partial charge in [0.25, 0.3) is 5.91 Å². The van der Waals surface area contributed by atoms with Crippen LogP contribution in [0.4, 0.5) is 9.39 Å². The van der Waals surface area contributed by atoms with Crippen molar-refractivity contribution in [3.8, 4) is 11.4 Å². The molecule has 0 saturated heterocycles. The molecule has 2 N–H and O–H groups in total. The number of aromatic nitrogens is 3. The number of carbonyl (C=O) groups excluding carboxylic acids is 3. The third kappa shape index (κ3) is 6.78. The number of anilines is 1. The number of nitrogens with zero attached hydrogens (tertiary/aromatic N) is 3. The van der Waals surface area contributed by atoms with Gasteiger partial charge in [0.1, 0.15) is 16.6 Å². The molecule has 0 radical (unpaired) electrons. The number of esters is 1. The fraction of sp³-hybridized carbons (Fsp3) is 0.323. The van der Waals surface area contributed by atoms with Gasteiger partial charge in [0.05, 0.1) is 36.1 Å². The molecule has 230 valence electrons. The van der Waals surface area contributed by atoms with Crippen molar-refractivity contribution < 1.29 is 28.2 Å². The Balaban J connectivity index is 1.37. The number of rotatable bonds is 12. The first-order valence-electron chi connectivity index (χ1n) is 14.3. The van der Waals surface area contributed by atoms with Crippen LogP contribution < -0.4 is 15.4 Å². The molecule has 0 saturated carbocycles. The van der Waals surface area contributed by atoms with Crippen molar-refractivity contribution in [1.29, 1.82) is 0 Å². The predicted molar refractivity (Wildman–Crippen MR) is 166 cm³/mol. The third-order valence-electron chi connectivity index (χ3n) is 6.92. The third-order valence-corrected chi connectivity index (χ3v) is 9.17. The first kappa shape index (κ1) is 31.2. The Morgan fingerprint density at radius 2 is 1.84 bits per heavy atom. The van der Waals surface area contributed by atoms with Crippen LogP contribution in [0.25, 0.3) is 5.69 Å². The monoisotopic (exact) mass is 637 g/mol. The number of hydrogen-bond acceptors (Lipinski definition) is 9. The number of carbonyl (C=O) groups is 3. The molecule has 1 aliphatic carbocycles. The molecule has 2 aromatic carbocycles. The Morgan fingerprint density at radius 1 is 1.07 bits per heavy atom. The van der Waals surface area contributed by atoms with Gasteiger partial charge in [-0.1, -0.05) is 23.9 Å². The van der Waals surface area contributed by atoms with E-state index in [0.29, 0.717) is 39.6 Å². The van der Waals surface area contributed by atoms with Crippen molar-refractivity contribution in [2.24, 2.45) is 0 Å². The number of benzene rings is 2. The molecular weight excluding hydrogens is 606 g/mol. The summed E-state index contributed by atoms with van der Waals surface area (Å²) in [4.78, 5) is 40.0. The summed E-state index contributed by atoms with van der Waals surface area (Å²) in [7, 11) is 0. The molecule has 0 unspecified atom stereocenters. The van der Waals surface area contributed by atoms with Gasteiger partial charge in [-0.3, -0.25) is 14.2 Å². The smallest absolute Gasteiger partial charge is 0.341 e. The molecule has 0 aliphatic heterocycles. The summed E-state index contributed by atoms with van der Waals surface area (Å²) in [5, 5.41) is 14.5. The minimum Gasteiger partial charge on any atom is -0.494 e. The van der Waals surface area contributed by atoms with Crippen LogP contribution in [0, 0.1) is 5.82 Å². The van der Waals surface area contributed by atoms with Gasteiger partial charge in [-0.25, -0.2) is 9.18 Å². The predicted octanol–water partition coefficient (Wildman–Crippen LogP) is 5.58. The Bertz CT molecular complexity index is 1670. The SMILES string of the molecule is CCOC(=O)c1c(NC(=O)[C@@H](C)Sc2nnc(CNC(=O)c3ccccc3F)n2-c2ccc(OCC)cc2)sc2c1CCC2. The highest BCUT2D eigenvalue weighted by Gasteiger charge is 2.30. The van der Waals surface area contributed by atoms with Crippen molar-refractivity contribution in [3.63, 3.8) is 0 Å². The largest absolute Gasteiger partial charge is 0.494 e. The Morgan fingerprint density at radius 3 is 2.57 bits per heavy atom. The second kappa shape index (κ2) is 14.0. The number of fused-ring (bicyclic) bond motifs is 1. The summed E-state index contributed by atoms with van der Waals surface area (Å²) < 4.78 is 26.8. The van der Waals surface area contributed by atoms with E-state index in [1.807, 2.05) is 19.1 Å². The van der Waals surface area contributed by atoms with E-state index in [-0.39, 0.29) is 24.6 Å². The maximum atomic E-state index is 14.2. The van der Waals surface area contributed by atoms with Gasteiger partial charge in [0.2, 0.25) is 5.91 Å². The molecule has 1 atom stereocenters. The van der Waals surface area contributed by atoms with E-state index in [1.165, 1.54) is 41.3 Å². The Labute approximate surface area is 262 Å². The highest BCUT2D eigenvalue weighted by molar-refractivity contribution is 8.00. The number of aryl methyl sites for hydroxylation is 1. The quantitative estimate of drug-likeness (QED) is 0.152. The van der Waals surface area contributed by atoms with Crippen molar-refractivity contribution in [3.05, 3.63) is 81.7 Å². The summed E-state index contributed by atoms with van der Waals surface area (Å²) in [5.41, 5.74) is 2.01. The summed E-state index contributed by atoms with van der Waals surface area (Å²) in [6.45, 7) is 6.10. The standard InChI is InChI=1S/C31H32FN5O5S2/c1-4-41-20-15-13-19(14-16-20)37-25(17-33-28(39)21-9-6-7-11-23(21)32)35-36-31(37)43-18(3)27(38)34-29-26(30(40)42-5-2)22-10-8-12-24(22)44-29/h6-7,9,11,13-16,18H,4-5,8,10,12,17H2,1-3H3,(H,33,39)(H,34,38)/t18-/m1/s1. The second-order valence-corrected chi connectivity index (χ2v) is 12.3. The molecule has 0 spiro atoms. The van der Waals surface area contributed by atoms with Crippen LogP contribution in [0.5, 0.6) is 5.75 Å². The lowest BCUT2D eigenvalue weighted by Crippen LogP contribution is -2.26. The van der Waals surface area contributed by atoms with Gasteiger partial charge in [-0.2, -0.15) is 0 Å². The molecule has 1 aliphatic rings. The Kier molecular flexibility index (Phi) is 9.95. The van der Waals surface area contributed by atoms with E-state index in [0.717, 1.165) is 29.7 Å². The lowest BCUT2D eigenvalue weighted by Gasteiger charge is -2.15. The molecule has 2 heterocycles. The maximum Gasteiger partial charge on any atom is 0.341 e. The number of hydrogen-bond donors (Lipinski definition) is 2. The zero-order valence-electron chi connectivity index (χ0n) is 24.5. The molecule has 4 aromatic rings. The van der Waals surface area contributed by atoms with E-state index >= 15 is 0 Å². The van der Waals surface area contributed by atoms with Crippen LogP contribution in [0.15, 0.2) is 53.7 Å². The number of halogens is 1. The fourth-order valence-corrected chi connectivity index (χ4v) is 7.01.